The van der Waals surface area contributed by atoms with E-state index in [-0.39, 0.29) is 11.5 Å². The normalized spacial score (nSPS) is 45.9. The Labute approximate surface area is 150 Å². The minimum atomic E-state index is -0.107. The molecule has 2 fully saturated rings. The first-order valence-electron chi connectivity index (χ1n) is 10.1. The summed E-state index contributed by atoms with van der Waals surface area (Å²) in [6, 6.07) is 0. The molecule has 2 saturated carbocycles. The number of H-pyrrole nitrogens is 1. The van der Waals surface area contributed by atoms with Crippen molar-refractivity contribution in [3.05, 3.63) is 35.9 Å². The number of hydrogen-bond donors (Lipinski definition) is 2. The molecule has 5 rings (SSSR count). The van der Waals surface area contributed by atoms with Crippen LogP contribution in [0.5, 0.6) is 0 Å². The molecule has 25 heavy (non-hydrogen) atoms. The topological polar surface area (TPSA) is 48.9 Å². The van der Waals surface area contributed by atoms with Crippen molar-refractivity contribution in [3.8, 4) is 0 Å². The van der Waals surface area contributed by atoms with E-state index in [0.29, 0.717) is 5.41 Å². The van der Waals surface area contributed by atoms with Crippen LogP contribution < -0.4 is 0 Å². The number of fused-ring (bicyclic) bond motifs is 5. The highest BCUT2D eigenvalue weighted by molar-refractivity contribution is 5.70. The van der Waals surface area contributed by atoms with Gasteiger partial charge in [0.25, 0.3) is 0 Å². The van der Waals surface area contributed by atoms with Crippen molar-refractivity contribution in [1.82, 2.24) is 9.97 Å². The average Bonchev–Trinajstić information content (AvgIpc) is 3.22. The van der Waals surface area contributed by atoms with Gasteiger partial charge in [0.1, 0.15) is 0 Å². The molecule has 4 aliphatic rings. The number of aromatic nitrogens is 2. The molecule has 3 heteroatoms. The van der Waals surface area contributed by atoms with E-state index >= 15 is 0 Å². The van der Waals surface area contributed by atoms with Crippen LogP contribution in [-0.2, 0) is 0 Å². The quantitative estimate of drug-likeness (QED) is 0.728. The van der Waals surface area contributed by atoms with Crippen LogP contribution in [0.25, 0.3) is 5.57 Å². The fourth-order valence-corrected chi connectivity index (χ4v) is 7.01. The Morgan fingerprint density at radius 3 is 2.72 bits per heavy atom. The van der Waals surface area contributed by atoms with Gasteiger partial charge in [0.15, 0.2) is 0 Å². The summed E-state index contributed by atoms with van der Waals surface area (Å²) in [7, 11) is 0. The van der Waals surface area contributed by atoms with Crippen LogP contribution in [0.3, 0.4) is 0 Å². The van der Waals surface area contributed by atoms with Crippen molar-refractivity contribution in [2.45, 2.75) is 64.9 Å². The van der Waals surface area contributed by atoms with Gasteiger partial charge in [0.05, 0.1) is 18.1 Å². The maximum atomic E-state index is 10.1. The molecule has 134 valence electrons. The van der Waals surface area contributed by atoms with Crippen LogP contribution in [0.2, 0.25) is 0 Å². The molecule has 0 bridgehead atoms. The molecular formula is C22H30N2O. The third kappa shape index (κ3) is 2.11. The van der Waals surface area contributed by atoms with Gasteiger partial charge >= 0.3 is 0 Å². The standard InChI is InChI=1S/C22H30N2O/c1-21-9-7-15(25)11-14(21)3-4-16-17-5-6-19(20-12-23-13-24-20)22(17,2)10-8-18(16)21/h3,6,12-13,15-18,25H,4-5,7-11H2,1-2H3,(H,23,24)/t15-,16?,17?,18?,21-,22-/m0/s1. The van der Waals surface area contributed by atoms with Crippen molar-refractivity contribution in [1.29, 1.82) is 0 Å². The molecule has 0 saturated heterocycles. The summed E-state index contributed by atoms with van der Waals surface area (Å²) < 4.78 is 0. The van der Waals surface area contributed by atoms with Crippen molar-refractivity contribution in [2.75, 3.05) is 0 Å². The highest BCUT2D eigenvalue weighted by atomic mass is 16.3. The molecule has 3 unspecified atom stereocenters. The second-order valence-corrected chi connectivity index (χ2v) is 9.42. The van der Waals surface area contributed by atoms with Gasteiger partial charge in [-0.15, -0.1) is 0 Å². The van der Waals surface area contributed by atoms with Crippen LogP contribution >= 0.6 is 0 Å². The fourth-order valence-electron chi connectivity index (χ4n) is 7.01. The van der Waals surface area contributed by atoms with Crippen LogP contribution in [0.1, 0.15) is 64.5 Å². The lowest BCUT2D eigenvalue weighted by molar-refractivity contribution is -0.0238. The Kier molecular flexibility index (Phi) is 3.38. The molecule has 0 aliphatic heterocycles. The summed E-state index contributed by atoms with van der Waals surface area (Å²) in [5, 5.41) is 10.1. The first-order chi connectivity index (χ1) is 12.0. The van der Waals surface area contributed by atoms with Crippen molar-refractivity contribution < 1.29 is 5.11 Å². The molecule has 3 nitrogen and oxygen atoms in total. The van der Waals surface area contributed by atoms with Gasteiger partial charge in [0, 0.05) is 6.20 Å². The van der Waals surface area contributed by atoms with Gasteiger partial charge in [-0.1, -0.05) is 31.6 Å². The summed E-state index contributed by atoms with van der Waals surface area (Å²) in [6.45, 7) is 4.99. The van der Waals surface area contributed by atoms with E-state index in [4.69, 9.17) is 0 Å². The Balaban J connectivity index is 1.48. The lowest BCUT2D eigenvalue weighted by Gasteiger charge is -2.57. The number of aliphatic hydroxyl groups is 1. The smallest absolute Gasteiger partial charge is 0.0927 e. The predicted molar refractivity (Wildman–Crippen MR) is 99.7 cm³/mol. The van der Waals surface area contributed by atoms with Gasteiger partial charge in [-0.3, -0.25) is 0 Å². The largest absolute Gasteiger partial charge is 0.393 e. The van der Waals surface area contributed by atoms with Gasteiger partial charge in [-0.05, 0) is 79.1 Å². The highest BCUT2D eigenvalue weighted by Gasteiger charge is 2.56. The Morgan fingerprint density at radius 2 is 1.92 bits per heavy atom. The molecule has 2 N–H and O–H groups in total. The first kappa shape index (κ1) is 15.9. The second kappa shape index (κ2) is 5.33. The molecule has 0 amide bonds. The minimum absolute atomic E-state index is 0.107. The Bertz CT molecular complexity index is 733. The second-order valence-electron chi connectivity index (χ2n) is 9.42. The number of nitrogens with zero attached hydrogens (tertiary/aromatic N) is 1. The zero-order valence-corrected chi connectivity index (χ0v) is 15.5. The monoisotopic (exact) mass is 338 g/mol. The summed E-state index contributed by atoms with van der Waals surface area (Å²) in [5.74, 6) is 2.33. The number of aromatic amines is 1. The van der Waals surface area contributed by atoms with Crippen molar-refractivity contribution in [3.63, 3.8) is 0 Å². The number of hydrogen-bond acceptors (Lipinski definition) is 2. The highest BCUT2D eigenvalue weighted by Crippen LogP contribution is 2.66. The minimum Gasteiger partial charge on any atom is -0.393 e. The lowest BCUT2D eigenvalue weighted by atomic mass is 9.47. The van der Waals surface area contributed by atoms with Gasteiger partial charge in [-0.2, -0.15) is 0 Å². The maximum absolute atomic E-state index is 10.1. The number of nitrogens with one attached hydrogen (secondary N) is 1. The number of aliphatic hydroxyl groups excluding tert-OH is 1. The third-order valence-electron chi connectivity index (χ3n) is 8.43. The molecule has 6 atom stereocenters. The van der Waals surface area contributed by atoms with E-state index in [2.05, 4.69) is 42.2 Å². The predicted octanol–water partition coefficient (Wildman–Crippen LogP) is 4.73. The summed E-state index contributed by atoms with van der Waals surface area (Å²) in [4.78, 5) is 7.70. The maximum Gasteiger partial charge on any atom is 0.0927 e. The molecule has 1 aromatic rings. The van der Waals surface area contributed by atoms with Gasteiger partial charge in [0.2, 0.25) is 0 Å². The lowest BCUT2D eigenvalue weighted by Crippen LogP contribution is -2.49. The fraction of sp³-hybridized carbons (Fsp3) is 0.682. The van der Waals surface area contributed by atoms with Gasteiger partial charge < -0.3 is 10.1 Å². The zero-order chi connectivity index (χ0) is 17.2. The zero-order valence-electron chi connectivity index (χ0n) is 15.5. The van der Waals surface area contributed by atoms with Gasteiger partial charge in [-0.25, -0.2) is 4.98 Å². The number of rotatable bonds is 1. The van der Waals surface area contributed by atoms with Crippen molar-refractivity contribution >= 4 is 5.57 Å². The van der Waals surface area contributed by atoms with Crippen LogP contribution in [0.4, 0.5) is 0 Å². The summed E-state index contributed by atoms with van der Waals surface area (Å²) in [6.07, 6.45) is 16.9. The SMILES string of the molecule is C[C@]12CC[C@H](O)CC1=CCC1C2CC[C@]2(C)C(c3c[nH]cn3)=CCC12. The van der Waals surface area contributed by atoms with E-state index in [9.17, 15) is 5.11 Å². The third-order valence-corrected chi connectivity index (χ3v) is 8.43. The first-order valence-corrected chi connectivity index (χ1v) is 10.1. The average molecular weight is 338 g/mol. The summed E-state index contributed by atoms with van der Waals surface area (Å²) >= 11 is 0. The van der Waals surface area contributed by atoms with Crippen LogP contribution in [0, 0.1) is 28.6 Å². The van der Waals surface area contributed by atoms with E-state index in [1.165, 1.54) is 37.7 Å². The Hall–Kier alpha value is -1.35. The molecule has 0 spiro atoms. The summed E-state index contributed by atoms with van der Waals surface area (Å²) in [5.41, 5.74) is 4.82. The molecular weight excluding hydrogens is 308 g/mol. The van der Waals surface area contributed by atoms with E-state index in [1.807, 2.05) is 6.33 Å². The van der Waals surface area contributed by atoms with E-state index < -0.39 is 0 Å². The van der Waals surface area contributed by atoms with Crippen LogP contribution in [0.15, 0.2) is 30.2 Å². The molecule has 4 aliphatic carbocycles. The van der Waals surface area contributed by atoms with E-state index in [0.717, 1.165) is 36.3 Å². The molecule has 0 radical (unpaired) electrons. The van der Waals surface area contributed by atoms with Crippen LogP contribution in [-0.4, -0.2) is 21.2 Å². The van der Waals surface area contributed by atoms with E-state index in [1.54, 1.807) is 5.57 Å². The Morgan fingerprint density at radius 1 is 1.08 bits per heavy atom. The molecule has 1 aromatic heterocycles. The number of imidazole rings is 1. The number of allylic oxidation sites excluding steroid dienone is 3. The molecule has 0 aromatic carbocycles. The molecule has 1 heterocycles. The van der Waals surface area contributed by atoms with Crippen molar-refractivity contribution in [2.24, 2.45) is 28.6 Å².